The molecule has 150 valence electrons. The zero-order valence-electron chi connectivity index (χ0n) is 15.7. The van der Waals surface area contributed by atoms with Crippen molar-refractivity contribution in [2.24, 2.45) is 0 Å². The number of rotatable bonds is 5. The van der Waals surface area contributed by atoms with Gasteiger partial charge in [0.2, 0.25) is 6.79 Å². The number of methoxy groups -OCH3 is 1. The number of hydrogen-bond acceptors (Lipinski definition) is 6. The molecule has 0 spiro atoms. The van der Waals surface area contributed by atoms with Gasteiger partial charge in [-0.2, -0.15) is 0 Å². The summed E-state index contributed by atoms with van der Waals surface area (Å²) in [5, 5.41) is 2.93. The normalized spacial score (nSPS) is 20.0. The second kappa shape index (κ2) is 6.97. The van der Waals surface area contributed by atoms with Gasteiger partial charge in [0.25, 0.3) is 5.91 Å². The molecule has 1 N–H and O–H groups in total. The van der Waals surface area contributed by atoms with Crippen molar-refractivity contribution in [3.8, 4) is 17.2 Å². The van der Waals surface area contributed by atoms with E-state index in [-0.39, 0.29) is 17.4 Å². The number of ketones is 1. The Labute approximate surface area is 171 Å². The second-order valence-corrected chi connectivity index (χ2v) is 7.19. The van der Waals surface area contributed by atoms with Crippen molar-refractivity contribution in [3.63, 3.8) is 0 Å². The van der Waals surface area contributed by atoms with Gasteiger partial charge in [0, 0.05) is 5.56 Å². The minimum absolute atomic E-state index is 0.0981. The summed E-state index contributed by atoms with van der Waals surface area (Å²) in [6, 6.07) is 8.88. The predicted molar refractivity (Wildman–Crippen MR) is 102 cm³/mol. The summed E-state index contributed by atoms with van der Waals surface area (Å²) in [4.78, 5) is 39.1. The third-order valence-electron chi connectivity index (χ3n) is 5.00. The highest BCUT2D eigenvalue weighted by Crippen LogP contribution is 2.38. The van der Waals surface area contributed by atoms with E-state index in [0.29, 0.717) is 22.8 Å². The molecule has 2 aromatic carbocycles. The SMILES string of the molecule is COc1ccc(C(=O)CN2C(=O)N[C@](C)(c3ccc4c(c3)OCO4)C2=O)cc1Cl. The Balaban J connectivity index is 1.56. The predicted octanol–water partition coefficient (Wildman–Crippen LogP) is 2.73. The number of nitrogens with one attached hydrogen (secondary N) is 1. The first-order chi connectivity index (χ1) is 13.8. The van der Waals surface area contributed by atoms with Crippen LogP contribution in [0.4, 0.5) is 4.79 Å². The molecule has 0 saturated carbocycles. The van der Waals surface area contributed by atoms with Crippen molar-refractivity contribution in [1.82, 2.24) is 10.2 Å². The zero-order chi connectivity index (χ0) is 20.8. The number of Topliss-reactive ketones (excluding diaryl/α,β-unsaturated/α-hetero) is 1. The molecular formula is C20H17ClN2O6. The fourth-order valence-corrected chi connectivity index (χ4v) is 3.58. The molecule has 2 aliphatic heterocycles. The molecule has 0 aromatic heterocycles. The van der Waals surface area contributed by atoms with Crippen LogP contribution < -0.4 is 19.5 Å². The Kier molecular flexibility index (Phi) is 4.58. The highest BCUT2D eigenvalue weighted by atomic mass is 35.5. The molecule has 8 nitrogen and oxygen atoms in total. The summed E-state index contributed by atoms with van der Waals surface area (Å²) in [5.41, 5.74) is -0.522. The number of carbonyl (C=O) groups excluding carboxylic acids is 3. The quantitative estimate of drug-likeness (QED) is 0.595. The molecular weight excluding hydrogens is 400 g/mol. The topological polar surface area (TPSA) is 94.2 Å². The first-order valence-electron chi connectivity index (χ1n) is 8.74. The average Bonchev–Trinajstić information content (AvgIpc) is 3.26. The first-order valence-corrected chi connectivity index (χ1v) is 9.12. The molecule has 2 heterocycles. The molecule has 29 heavy (non-hydrogen) atoms. The van der Waals surface area contributed by atoms with Crippen LogP contribution in [-0.4, -0.2) is 43.1 Å². The molecule has 9 heteroatoms. The van der Waals surface area contributed by atoms with Gasteiger partial charge < -0.3 is 19.5 Å². The number of carbonyl (C=O) groups is 3. The molecule has 1 saturated heterocycles. The minimum atomic E-state index is -1.32. The molecule has 0 bridgehead atoms. The Morgan fingerprint density at radius 1 is 1.21 bits per heavy atom. The maximum Gasteiger partial charge on any atom is 0.325 e. The van der Waals surface area contributed by atoms with Gasteiger partial charge in [-0.25, -0.2) is 4.79 Å². The van der Waals surface area contributed by atoms with Gasteiger partial charge in [-0.15, -0.1) is 0 Å². The maximum atomic E-state index is 13.0. The van der Waals surface area contributed by atoms with Crippen molar-refractivity contribution < 1.29 is 28.6 Å². The van der Waals surface area contributed by atoms with Gasteiger partial charge in [0.05, 0.1) is 18.7 Å². The lowest BCUT2D eigenvalue weighted by atomic mass is 9.91. The highest BCUT2D eigenvalue weighted by Gasteiger charge is 2.49. The third-order valence-corrected chi connectivity index (χ3v) is 5.30. The number of nitrogens with zero attached hydrogens (tertiary/aromatic N) is 1. The van der Waals surface area contributed by atoms with Crippen LogP contribution >= 0.6 is 11.6 Å². The fraction of sp³-hybridized carbons (Fsp3) is 0.250. The monoisotopic (exact) mass is 416 g/mol. The van der Waals surface area contributed by atoms with Crippen LogP contribution in [-0.2, 0) is 10.3 Å². The van der Waals surface area contributed by atoms with E-state index in [4.69, 9.17) is 25.8 Å². The number of hydrogen-bond donors (Lipinski definition) is 1. The van der Waals surface area contributed by atoms with E-state index in [1.165, 1.54) is 19.2 Å². The molecule has 2 aromatic rings. The van der Waals surface area contributed by atoms with Crippen LogP contribution in [0.5, 0.6) is 17.2 Å². The number of halogens is 1. The van der Waals surface area contributed by atoms with Crippen molar-refractivity contribution >= 4 is 29.3 Å². The van der Waals surface area contributed by atoms with Crippen LogP contribution in [0.15, 0.2) is 36.4 Å². The highest BCUT2D eigenvalue weighted by molar-refractivity contribution is 6.32. The molecule has 0 aliphatic carbocycles. The smallest absolute Gasteiger partial charge is 0.325 e. The summed E-state index contributed by atoms with van der Waals surface area (Å²) in [5.74, 6) is 0.529. The number of amides is 3. The van der Waals surface area contributed by atoms with Gasteiger partial charge in [0.15, 0.2) is 17.3 Å². The molecule has 1 fully saturated rings. The van der Waals surface area contributed by atoms with E-state index in [2.05, 4.69) is 5.32 Å². The first kappa shape index (κ1) is 19.1. The van der Waals surface area contributed by atoms with Crippen molar-refractivity contribution in [2.45, 2.75) is 12.5 Å². The molecule has 2 aliphatic rings. The average molecular weight is 417 g/mol. The Morgan fingerprint density at radius 3 is 2.69 bits per heavy atom. The summed E-state index contributed by atoms with van der Waals surface area (Å²) < 4.78 is 15.7. The van der Waals surface area contributed by atoms with Crippen molar-refractivity contribution in [2.75, 3.05) is 20.4 Å². The molecule has 0 unspecified atom stereocenters. The summed E-state index contributed by atoms with van der Waals surface area (Å²) in [6.45, 7) is 1.27. The molecule has 0 radical (unpaired) electrons. The van der Waals surface area contributed by atoms with Crippen LogP contribution in [0.2, 0.25) is 5.02 Å². The third kappa shape index (κ3) is 3.15. The van der Waals surface area contributed by atoms with E-state index in [9.17, 15) is 14.4 Å². The zero-order valence-corrected chi connectivity index (χ0v) is 16.4. The van der Waals surface area contributed by atoms with Gasteiger partial charge >= 0.3 is 6.03 Å². The molecule has 1 atom stereocenters. The lowest BCUT2D eigenvalue weighted by Crippen LogP contribution is -2.41. The number of benzene rings is 2. The fourth-order valence-electron chi connectivity index (χ4n) is 3.32. The lowest BCUT2D eigenvalue weighted by Gasteiger charge is -2.22. The number of fused-ring (bicyclic) bond motifs is 1. The number of ether oxygens (including phenoxy) is 3. The van der Waals surface area contributed by atoms with Gasteiger partial charge in [-0.1, -0.05) is 17.7 Å². The van der Waals surface area contributed by atoms with E-state index in [1.54, 1.807) is 31.2 Å². The van der Waals surface area contributed by atoms with Crippen LogP contribution in [0.1, 0.15) is 22.8 Å². The molecule has 4 rings (SSSR count). The van der Waals surface area contributed by atoms with Crippen LogP contribution in [0.3, 0.4) is 0 Å². The lowest BCUT2D eigenvalue weighted by molar-refractivity contribution is -0.130. The summed E-state index contributed by atoms with van der Waals surface area (Å²) in [7, 11) is 1.47. The summed E-state index contributed by atoms with van der Waals surface area (Å²) >= 11 is 6.06. The van der Waals surface area contributed by atoms with Crippen molar-refractivity contribution in [3.05, 3.63) is 52.5 Å². The number of imide groups is 1. The maximum absolute atomic E-state index is 13.0. The standard InChI is InChI=1S/C20H17ClN2O6/c1-20(12-4-6-16-17(8-12)29-10-28-16)18(25)23(19(26)22-20)9-14(24)11-3-5-15(27-2)13(21)7-11/h3-8H,9-10H2,1-2H3,(H,22,26)/t20-/m1/s1. The van der Waals surface area contributed by atoms with E-state index >= 15 is 0 Å². The van der Waals surface area contributed by atoms with Crippen molar-refractivity contribution in [1.29, 1.82) is 0 Å². The van der Waals surface area contributed by atoms with E-state index in [1.807, 2.05) is 0 Å². The van der Waals surface area contributed by atoms with Gasteiger partial charge in [0.1, 0.15) is 11.3 Å². The Bertz CT molecular complexity index is 1040. The van der Waals surface area contributed by atoms with Crippen LogP contribution in [0.25, 0.3) is 0 Å². The van der Waals surface area contributed by atoms with E-state index in [0.717, 1.165) is 4.90 Å². The van der Waals surface area contributed by atoms with Gasteiger partial charge in [-0.05, 0) is 42.8 Å². The molecule has 3 amide bonds. The number of urea groups is 1. The van der Waals surface area contributed by atoms with E-state index < -0.39 is 29.8 Å². The largest absolute Gasteiger partial charge is 0.495 e. The minimum Gasteiger partial charge on any atom is -0.495 e. The summed E-state index contributed by atoms with van der Waals surface area (Å²) in [6.07, 6.45) is 0. The van der Waals surface area contributed by atoms with Crippen LogP contribution in [0, 0.1) is 0 Å². The van der Waals surface area contributed by atoms with Gasteiger partial charge in [-0.3, -0.25) is 14.5 Å². The second-order valence-electron chi connectivity index (χ2n) is 6.79. The Hall–Kier alpha value is -3.26. The Morgan fingerprint density at radius 2 is 1.97 bits per heavy atom.